The van der Waals surface area contributed by atoms with Gasteiger partial charge in [0, 0.05) is 18.9 Å². The van der Waals surface area contributed by atoms with Gasteiger partial charge >= 0.3 is 18.3 Å². The lowest BCUT2D eigenvalue weighted by molar-refractivity contribution is -0.139. The van der Waals surface area contributed by atoms with E-state index in [2.05, 4.69) is 0 Å². The van der Waals surface area contributed by atoms with Crippen molar-refractivity contribution in [1.82, 2.24) is 4.90 Å². The fourth-order valence-electron chi connectivity index (χ4n) is 3.67. The number of alkyl halides is 6. The van der Waals surface area contributed by atoms with Crippen molar-refractivity contribution in [3.05, 3.63) is 35.4 Å². The molecule has 1 aliphatic rings. The van der Waals surface area contributed by atoms with E-state index in [0.717, 1.165) is 12.1 Å². The number of hydrogen-bond acceptors (Lipinski definition) is 2. The number of unbranched alkanes of at least 4 members (excludes halogenated alkanes) is 1. The second-order valence-corrected chi connectivity index (χ2v) is 7.23. The van der Waals surface area contributed by atoms with Gasteiger partial charge in [0.25, 0.3) is 0 Å². The first-order valence-corrected chi connectivity index (χ1v) is 9.15. The van der Waals surface area contributed by atoms with Gasteiger partial charge in [-0.05, 0) is 62.4 Å². The standard InChI is InChI=1S/C19H23F6NO2/c20-18(21,22)8-1-2-9-26-10-7-13(12-17(27)28)11-16(26)14-3-5-15(6-4-14)19(23,24)25/h3-6,13,16H,1-2,7-12H2,(H,27,28)/t13-,16+/m1/s1. The first-order chi connectivity index (χ1) is 13.0. The van der Waals surface area contributed by atoms with Crippen molar-refractivity contribution in [2.45, 2.75) is 56.9 Å². The highest BCUT2D eigenvalue weighted by atomic mass is 19.4. The lowest BCUT2D eigenvalue weighted by atomic mass is 9.85. The maximum Gasteiger partial charge on any atom is 0.416 e. The second kappa shape index (κ2) is 9.15. The maximum atomic E-state index is 12.8. The van der Waals surface area contributed by atoms with Gasteiger partial charge < -0.3 is 5.11 Å². The van der Waals surface area contributed by atoms with Gasteiger partial charge in [-0.1, -0.05) is 12.1 Å². The molecule has 0 spiro atoms. The van der Waals surface area contributed by atoms with Crippen LogP contribution >= 0.6 is 0 Å². The molecular formula is C19H23F6NO2. The molecule has 1 heterocycles. The molecule has 1 aromatic carbocycles. The van der Waals surface area contributed by atoms with Crippen LogP contribution in [0, 0.1) is 5.92 Å². The molecule has 0 unspecified atom stereocenters. The van der Waals surface area contributed by atoms with Gasteiger partial charge in [0.05, 0.1) is 5.56 Å². The average molecular weight is 411 g/mol. The zero-order valence-corrected chi connectivity index (χ0v) is 15.2. The van der Waals surface area contributed by atoms with Crippen LogP contribution in [0.5, 0.6) is 0 Å². The van der Waals surface area contributed by atoms with Crippen LogP contribution in [0.25, 0.3) is 0 Å². The SMILES string of the molecule is O=C(O)C[C@@H]1CCN(CCCCC(F)(F)F)[C@H](c2ccc(C(F)(F)F)cc2)C1. The lowest BCUT2D eigenvalue weighted by Crippen LogP contribution is -2.38. The molecule has 0 amide bonds. The molecule has 3 nitrogen and oxygen atoms in total. The number of carbonyl (C=O) groups is 1. The van der Waals surface area contributed by atoms with Crippen LogP contribution in [-0.4, -0.2) is 35.2 Å². The molecule has 158 valence electrons. The number of carboxylic acids is 1. The van der Waals surface area contributed by atoms with Crippen LogP contribution < -0.4 is 0 Å². The highest BCUT2D eigenvalue weighted by Crippen LogP contribution is 2.37. The highest BCUT2D eigenvalue weighted by Gasteiger charge is 2.33. The van der Waals surface area contributed by atoms with Crippen molar-refractivity contribution in [3.8, 4) is 0 Å². The Bertz CT molecular complexity index is 641. The van der Waals surface area contributed by atoms with Crippen LogP contribution in [0.1, 0.15) is 55.7 Å². The summed E-state index contributed by atoms with van der Waals surface area (Å²) in [4.78, 5) is 13.0. The number of aliphatic carboxylic acids is 1. The van der Waals surface area contributed by atoms with Crippen molar-refractivity contribution in [2.75, 3.05) is 13.1 Å². The summed E-state index contributed by atoms with van der Waals surface area (Å²) in [7, 11) is 0. The van der Waals surface area contributed by atoms with Crippen LogP contribution in [0.15, 0.2) is 24.3 Å². The van der Waals surface area contributed by atoms with Crippen molar-refractivity contribution in [1.29, 1.82) is 0 Å². The molecule has 0 bridgehead atoms. The summed E-state index contributed by atoms with van der Waals surface area (Å²) < 4.78 is 75.3. The fraction of sp³-hybridized carbons (Fsp3) is 0.632. The molecule has 1 fully saturated rings. The van der Waals surface area contributed by atoms with Crippen LogP contribution in [0.3, 0.4) is 0 Å². The Hall–Kier alpha value is -1.77. The quantitative estimate of drug-likeness (QED) is 0.465. The van der Waals surface area contributed by atoms with Gasteiger partial charge in [0.1, 0.15) is 0 Å². The fourth-order valence-corrected chi connectivity index (χ4v) is 3.67. The Kier molecular flexibility index (Phi) is 7.36. The molecule has 1 N–H and O–H groups in total. The normalized spacial score (nSPS) is 21.6. The van der Waals surface area contributed by atoms with Crippen molar-refractivity contribution in [2.24, 2.45) is 5.92 Å². The number of rotatable bonds is 7. The minimum absolute atomic E-state index is 0.0156. The number of nitrogens with zero attached hydrogens (tertiary/aromatic N) is 1. The van der Waals surface area contributed by atoms with Crippen LogP contribution in [0.2, 0.25) is 0 Å². The van der Waals surface area contributed by atoms with Crippen molar-refractivity contribution < 1.29 is 36.2 Å². The van der Waals surface area contributed by atoms with E-state index in [1.807, 2.05) is 4.90 Å². The largest absolute Gasteiger partial charge is 0.481 e. The summed E-state index contributed by atoms with van der Waals surface area (Å²) in [5.41, 5.74) is -0.148. The van der Waals surface area contributed by atoms with E-state index in [4.69, 9.17) is 5.11 Å². The molecule has 28 heavy (non-hydrogen) atoms. The smallest absolute Gasteiger partial charge is 0.416 e. The molecule has 2 atom stereocenters. The Balaban J connectivity index is 2.08. The number of likely N-dealkylation sites (tertiary alicyclic amines) is 1. The molecule has 1 aromatic rings. The first kappa shape index (κ1) is 22.5. The molecule has 0 saturated carbocycles. The van der Waals surface area contributed by atoms with E-state index in [1.165, 1.54) is 12.1 Å². The zero-order valence-electron chi connectivity index (χ0n) is 15.2. The Morgan fingerprint density at radius 1 is 1.07 bits per heavy atom. The molecule has 0 radical (unpaired) electrons. The number of hydrogen-bond donors (Lipinski definition) is 1. The molecule has 1 aliphatic heterocycles. The Morgan fingerprint density at radius 2 is 1.71 bits per heavy atom. The van der Waals surface area contributed by atoms with E-state index >= 15 is 0 Å². The van der Waals surface area contributed by atoms with Crippen LogP contribution in [0.4, 0.5) is 26.3 Å². The Morgan fingerprint density at radius 3 is 2.25 bits per heavy atom. The molecular weight excluding hydrogens is 388 g/mol. The molecule has 0 aliphatic carbocycles. The van der Waals surface area contributed by atoms with E-state index in [1.54, 1.807) is 0 Å². The Labute approximate surface area is 159 Å². The molecule has 1 saturated heterocycles. The van der Waals surface area contributed by atoms with Gasteiger partial charge in [-0.3, -0.25) is 9.69 Å². The number of carboxylic acid groups (broad SMARTS) is 1. The minimum Gasteiger partial charge on any atom is -0.481 e. The van der Waals surface area contributed by atoms with Crippen LogP contribution in [-0.2, 0) is 11.0 Å². The highest BCUT2D eigenvalue weighted by molar-refractivity contribution is 5.67. The summed E-state index contributed by atoms with van der Waals surface area (Å²) in [5.74, 6) is -1.05. The third-order valence-electron chi connectivity index (χ3n) is 5.06. The predicted octanol–water partition coefficient (Wildman–Crippen LogP) is 5.67. The molecule has 2 rings (SSSR count). The van der Waals surface area contributed by atoms with Gasteiger partial charge in [0.2, 0.25) is 0 Å². The number of halogens is 6. The monoisotopic (exact) mass is 411 g/mol. The predicted molar refractivity (Wildman–Crippen MR) is 90.6 cm³/mol. The minimum atomic E-state index is -4.45. The summed E-state index contributed by atoms with van der Waals surface area (Å²) in [6.07, 6.45) is -8.19. The summed E-state index contributed by atoms with van der Waals surface area (Å²) in [6.45, 7) is 0.900. The average Bonchev–Trinajstić information content (AvgIpc) is 2.57. The molecule has 9 heteroatoms. The van der Waals surface area contributed by atoms with Gasteiger partial charge in [-0.25, -0.2) is 0 Å². The first-order valence-electron chi connectivity index (χ1n) is 9.15. The van der Waals surface area contributed by atoms with E-state index < -0.39 is 30.3 Å². The number of piperidine rings is 1. The van der Waals surface area contributed by atoms with Crippen molar-refractivity contribution in [3.63, 3.8) is 0 Å². The maximum absolute atomic E-state index is 12.8. The topological polar surface area (TPSA) is 40.5 Å². The van der Waals surface area contributed by atoms with E-state index in [0.29, 0.717) is 37.9 Å². The van der Waals surface area contributed by atoms with Gasteiger partial charge in [-0.2, -0.15) is 26.3 Å². The van der Waals surface area contributed by atoms with Gasteiger partial charge in [0.15, 0.2) is 0 Å². The third-order valence-corrected chi connectivity index (χ3v) is 5.06. The second-order valence-electron chi connectivity index (χ2n) is 7.23. The van der Waals surface area contributed by atoms with E-state index in [9.17, 15) is 31.1 Å². The molecule has 0 aromatic heterocycles. The number of benzene rings is 1. The lowest BCUT2D eigenvalue weighted by Gasteiger charge is -2.39. The van der Waals surface area contributed by atoms with E-state index in [-0.39, 0.29) is 24.8 Å². The zero-order chi connectivity index (χ0) is 20.9. The summed E-state index contributed by atoms with van der Waals surface area (Å²) >= 11 is 0. The summed E-state index contributed by atoms with van der Waals surface area (Å²) in [5, 5.41) is 9.02. The van der Waals surface area contributed by atoms with Gasteiger partial charge in [-0.15, -0.1) is 0 Å². The third kappa shape index (κ3) is 7.00. The summed E-state index contributed by atoms with van der Waals surface area (Å²) in [6, 6.07) is 4.42. The van der Waals surface area contributed by atoms with Crippen molar-refractivity contribution >= 4 is 5.97 Å².